The maximum Gasteiger partial charge on any atom is 0.255 e. The molecule has 1 fully saturated rings. The molecule has 170 valence electrons. The van der Waals surface area contributed by atoms with Crippen LogP contribution in [0.2, 0.25) is 0 Å². The number of aromatic nitrogens is 2. The molecule has 0 aliphatic heterocycles. The predicted molar refractivity (Wildman–Crippen MR) is 129 cm³/mol. The van der Waals surface area contributed by atoms with E-state index in [0.717, 1.165) is 36.9 Å². The zero-order chi connectivity index (χ0) is 23.2. The van der Waals surface area contributed by atoms with Gasteiger partial charge in [0, 0.05) is 18.2 Å². The Morgan fingerprint density at radius 3 is 2.58 bits per heavy atom. The smallest absolute Gasteiger partial charge is 0.255 e. The molecule has 8 heteroatoms. The molecule has 0 bridgehead atoms. The topological polar surface area (TPSA) is 126 Å². The van der Waals surface area contributed by atoms with Gasteiger partial charge in [0.25, 0.3) is 5.91 Å². The summed E-state index contributed by atoms with van der Waals surface area (Å²) in [5, 5.41) is 14.8. The quantitative estimate of drug-likeness (QED) is 0.384. The number of hydrogen-bond acceptors (Lipinski definition) is 7. The Bertz CT molecular complexity index is 1140. The van der Waals surface area contributed by atoms with Gasteiger partial charge in [-0.05, 0) is 42.7 Å². The Morgan fingerprint density at radius 1 is 1.12 bits per heavy atom. The van der Waals surface area contributed by atoms with Crippen LogP contribution in [0.4, 0.5) is 17.2 Å². The van der Waals surface area contributed by atoms with E-state index in [-0.39, 0.29) is 11.8 Å². The SMILES string of the molecule is COc1ccccc1C(=O)NCc1ccc(Nc2c(N)ncnc2C(=N)C2CCCC2)cc1. The highest BCUT2D eigenvalue weighted by Gasteiger charge is 2.25. The molecule has 5 N–H and O–H groups in total. The summed E-state index contributed by atoms with van der Waals surface area (Å²) < 4.78 is 5.25. The van der Waals surface area contributed by atoms with Gasteiger partial charge in [-0.1, -0.05) is 37.1 Å². The number of hydrogen-bond donors (Lipinski definition) is 4. The van der Waals surface area contributed by atoms with Crippen molar-refractivity contribution in [1.29, 1.82) is 5.41 Å². The molecule has 0 unspecified atom stereocenters. The van der Waals surface area contributed by atoms with Gasteiger partial charge in [0.05, 0.1) is 18.4 Å². The lowest BCUT2D eigenvalue weighted by atomic mass is 9.98. The molecule has 0 atom stereocenters. The van der Waals surface area contributed by atoms with E-state index in [2.05, 4.69) is 20.6 Å². The first-order chi connectivity index (χ1) is 16.1. The van der Waals surface area contributed by atoms with E-state index < -0.39 is 0 Å². The van der Waals surface area contributed by atoms with Crippen LogP contribution >= 0.6 is 0 Å². The first-order valence-electron chi connectivity index (χ1n) is 11.0. The van der Waals surface area contributed by atoms with Gasteiger partial charge in [-0.15, -0.1) is 0 Å². The Labute approximate surface area is 193 Å². The van der Waals surface area contributed by atoms with Crippen LogP contribution in [0.25, 0.3) is 0 Å². The van der Waals surface area contributed by atoms with E-state index >= 15 is 0 Å². The normalized spacial score (nSPS) is 13.5. The molecule has 0 radical (unpaired) electrons. The van der Waals surface area contributed by atoms with Crippen LogP contribution in [0.3, 0.4) is 0 Å². The van der Waals surface area contributed by atoms with Crippen LogP contribution in [0.1, 0.15) is 47.3 Å². The highest BCUT2D eigenvalue weighted by molar-refractivity contribution is 6.05. The summed E-state index contributed by atoms with van der Waals surface area (Å²) >= 11 is 0. The molecule has 2 aromatic carbocycles. The number of para-hydroxylation sites is 1. The molecule has 1 saturated carbocycles. The second kappa shape index (κ2) is 10.1. The first kappa shape index (κ1) is 22.3. The van der Waals surface area contributed by atoms with Gasteiger partial charge < -0.3 is 26.5 Å². The molecule has 0 saturated heterocycles. The Morgan fingerprint density at radius 2 is 1.85 bits per heavy atom. The van der Waals surface area contributed by atoms with Crippen LogP contribution in [0, 0.1) is 11.3 Å². The fourth-order valence-electron chi connectivity index (χ4n) is 4.09. The van der Waals surface area contributed by atoms with Crippen LogP contribution in [0.15, 0.2) is 54.9 Å². The average molecular weight is 445 g/mol. The molecule has 1 aromatic heterocycles. The molecule has 4 rings (SSSR count). The zero-order valence-corrected chi connectivity index (χ0v) is 18.6. The molecule has 3 aromatic rings. The monoisotopic (exact) mass is 444 g/mol. The summed E-state index contributed by atoms with van der Waals surface area (Å²) in [6.45, 7) is 0.380. The van der Waals surface area contributed by atoms with Crippen molar-refractivity contribution in [3.8, 4) is 5.75 Å². The van der Waals surface area contributed by atoms with Gasteiger partial charge in [0.1, 0.15) is 23.5 Å². The Hall–Kier alpha value is -3.94. The predicted octanol–water partition coefficient (Wildman–Crippen LogP) is 4.30. The third-order valence-corrected chi connectivity index (χ3v) is 5.92. The lowest BCUT2D eigenvalue weighted by molar-refractivity contribution is 0.0948. The summed E-state index contributed by atoms with van der Waals surface area (Å²) in [5.41, 5.74) is 10.0. The van der Waals surface area contributed by atoms with Gasteiger partial charge >= 0.3 is 0 Å². The van der Waals surface area contributed by atoms with Crippen molar-refractivity contribution in [2.24, 2.45) is 5.92 Å². The number of carbonyl (C=O) groups excluding carboxylic acids is 1. The molecular formula is C25H28N6O2. The van der Waals surface area contributed by atoms with Crippen molar-refractivity contribution < 1.29 is 9.53 Å². The summed E-state index contributed by atoms with van der Waals surface area (Å²) in [7, 11) is 1.54. The summed E-state index contributed by atoms with van der Waals surface area (Å²) in [5.74, 6) is 0.875. The zero-order valence-electron chi connectivity index (χ0n) is 18.6. The van der Waals surface area contributed by atoms with E-state index in [1.165, 1.54) is 6.33 Å². The second-order valence-electron chi connectivity index (χ2n) is 8.08. The number of methoxy groups -OCH3 is 1. The Kier molecular flexibility index (Phi) is 6.83. The van der Waals surface area contributed by atoms with E-state index in [1.807, 2.05) is 30.3 Å². The van der Waals surface area contributed by atoms with Crippen molar-refractivity contribution in [3.05, 3.63) is 71.7 Å². The minimum absolute atomic E-state index is 0.195. The molecule has 1 aliphatic rings. The molecule has 0 spiro atoms. The molecule has 1 aliphatic carbocycles. The number of benzene rings is 2. The molecule has 8 nitrogen and oxygen atoms in total. The summed E-state index contributed by atoms with van der Waals surface area (Å²) in [6, 6.07) is 14.8. The van der Waals surface area contributed by atoms with Gasteiger partial charge in [-0.3, -0.25) is 4.79 Å². The summed E-state index contributed by atoms with van der Waals surface area (Å²) in [6.07, 6.45) is 5.72. The number of nitrogens with zero attached hydrogens (tertiary/aromatic N) is 2. The fourth-order valence-corrected chi connectivity index (χ4v) is 4.09. The number of carbonyl (C=O) groups is 1. The van der Waals surface area contributed by atoms with E-state index in [1.54, 1.807) is 25.3 Å². The van der Waals surface area contributed by atoms with Crippen LogP contribution < -0.4 is 21.1 Å². The highest BCUT2D eigenvalue weighted by Crippen LogP contribution is 2.32. The largest absolute Gasteiger partial charge is 0.496 e. The Balaban J connectivity index is 1.43. The number of ether oxygens (including phenoxy) is 1. The van der Waals surface area contributed by atoms with Gasteiger partial charge in [-0.25, -0.2) is 9.97 Å². The minimum Gasteiger partial charge on any atom is -0.496 e. The van der Waals surface area contributed by atoms with Crippen LogP contribution in [-0.4, -0.2) is 28.7 Å². The standard InChI is InChI=1S/C25H28N6O2/c1-33-20-9-5-4-8-19(20)25(32)28-14-16-10-12-18(13-11-16)31-23-22(29-15-30-24(23)27)21(26)17-6-2-3-7-17/h4-5,8-13,15,17,26,31H,2-3,6-7,14H2,1H3,(H,28,32)(H2,27,29,30). The molecule has 1 heterocycles. The third-order valence-electron chi connectivity index (χ3n) is 5.92. The van der Waals surface area contributed by atoms with Crippen molar-refractivity contribution >= 4 is 28.8 Å². The number of nitrogens with two attached hydrogens (primary N) is 1. The first-order valence-corrected chi connectivity index (χ1v) is 11.0. The van der Waals surface area contributed by atoms with Crippen molar-refractivity contribution in [2.75, 3.05) is 18.2 Å². The maximum absolute atomic E-state index is 12.5. The number of rotatable bonds is 8. The van der Waals surface area contributed by atoms with Gasteiger partial charge in [0.15, 0.2) is 5.82 Å². The van der Waals surface area contributed by atoms with Crippen LogP contribution in [-0.2, 0) is 6.54 Å². The molecule has 1 amide bonds. The van der Waals surface area contributed by atoms with Gasteiger partial charge in [0.2, 0.25) is 0 Å². The molecule has 33 heavy (non-hydrogen) atoms. The lowest BCUT2D eigenvalue weighted by Gasteiger charge is -2.17. The average Bonchev–Trinajstić information content (AvgIpc) is 3.39. The van der Waals surface area contributed by atoms with E-state index in [0.29, 0.717) is 40.8 Å². The number of amides is 1. The van der Waals surface area contributed by atoms with Crippen molar-refractivity contribution in [2.45, 2.75) is 32.2 Å². The fraction of sp³-hybridized carbons (Fsp3) is 0.280. The number of nitrogen functional groups attached to an aromatic ring is 1. The van der Waals surface area contributed by atoms with Crippen LogP contribution in [0.5, 0.6) is 5.75 Å². The summed E-state index contributed by atoms with van der Waals surface area (Å²) in [4.78, 5) is 21.0. The molecular weight excluding hydrogens is 416 g/mol. The van der Waals surface area contributed by atoms with E-state index in [9.17, 15) is 4.79 Å². The third kappa shape index (κ3) is 5.11. The van der Waals surface area contributed by atoms with Gasteiger partial charge in [-0.2, -0.15) is 0 Å². The van der Waals surface area contributed by atoms with Crippen molar-refractivity contribution in [3.63, 3.8) is 0 Å². The van der Waals surface area contributed by atoms with E-state index in [4.69, 9.17) is 15.9 Å². The van der Waals surface area contributed by atoms with Crippen molar-refractivity contribution in [1.82, 2.24) is 15.3 Å². The minimum atomic E-state index is -0.195. The number of nitrogens with one attached hydrogen (secondary N) is 3. The number of anilines is 3. The second-order valence-corrected chi connectivity index (χ2v) is 8.08. The lowest BCUT2D eigenvalue weighted by Crippen LogP contribution is -2.23. The maximum atomic E-state index is 12.5. The highest BCUT2D eigenvalue weighted by atomic mass is 16.5.